The smallest absolute Gasteiger partial charge is 0.197 e. The molecule has 0 aromatic heterocycles. The standard InChI is InChI=1S/CH2N2.OS/c2-1-3;1-2/h2-3H;. The Morgan fingerprint density at radius 2 is 1.40 bits per heavy atom. The highest BCUT2D eigenvalue weighted by Crippen LogP contribution is 0.920. The van der Waals surface area contributed by atoms with Gasteiger partial charge in [0.05, 0.1) is 6.01 Å². The summed E-state index contributed by atoms with van der Waals surface area (Å²) in [6.07, 6.45) is 0. The lowest BCUT2D eigenvalue weighted by Gasteiger charge is -1.09. The first kappa shape index (κ1) is 8.83. The minimum Gasteiger partial charge on any atom is -0.242 e. The van der Waals surface area contributed by atoms with Crippen LogP contribution in [0.15, 0.2) is 0 Å². The van der Waals surface area contributed by atoms with Gasteiger partial charge in [-0.05, 0) is 0 Å². The van der Waals surface area contributed by atoms with Gasteiger partial charge in [0.15, 0.2) is 12.5 Å². The molecule has 5 heavy (non-hydrogen) atoms. The van der Waals surface area contributed by atoms with Crippen molar-refractivity contribution in [2.45, 2.75) is 0 Å². The Hall–Kier alpha value is -0.600. The highest BCUT2D eigenvalue weighted by atomic mass is 32.1. The third-order valence-electron chi connectivity index (χ3n) is 0. The van der Waals surface area contributed by atoms with E-state index in [2.05, 4.69) is 12.5 Å². The molecule has 3 nitrogen and oxygen atoms in total. The van der Waals surface area contributed by atoms with E-state index in [1.165, 1.54) is 6.01 Å². The lowest BCUT2D eigenvalue weighted by molar-refractivity contribution is 0.702. The summed E-state index contributed by atoms with van der Waals surface area (Å²) in [5.74, 6) is 0. The SMILES string of the molecule is N=C=N.O=S. The molecule has 28 valence electrons. The van der Waals surface area contributed by atoms with Crippen molar-refractivity contribution in [3.05, 3.63) is 0 Å². The van der Waals surface area contributed by atoms with Crippen LogP contribution in [0.1, 0.15) is 0 Å². The lowest BCUT2D eigenvalue weighted by Crippen LogP contribution is -1.11. The van der Waals surface area contributed by atoms with E-state index >= 15 is 0 Å². The van der Waals surface area contributed by atoms with Crippen LogP contribution in [0.3, 0.4) is 0 Å². The van der Waals surface area contributed by atoms with E-state index in [0.29, 0.717) is 0 Å². The molecular formula is CH2N2OS. The molecule has 0 rings (SSSR count). The zero-order valence-corrected chi connectivity index (χ0v) is 3.13. The molecule has 0 radical (unpaired) electrons. The van der Waals surface area contributed by atoms with E-state index in [1.807, 2.05) is 0 Å². The summed E-state index contributed by atoms with van der Waals surface area (Å²) in [7, 11) is 0. The summed E-state index contributed by atoms with van der Waals surface area (Å²) in [6, 6.07) is 1.25. The number of hydrogen-bond acceptors (Lipinski definition) is 4. The fourth-order valence-electron chi connectivity index (χ4n) is 0. The van der Waals surface area contributed by atoms with Gasteiger partial charge in [-0.3, -0.25) is 0 Å². The molecule has 0 saturated carbocycles. The summed E-state index contributed by atoms with van der Waals surface area (Å²) < 4.78 is 7.83. The molecule has 0 saturated heterocycles. The summed E-state index contributed by atoms with van der Waals surface area (Å²) in [4.78, 5) is 0. The molecule has 0 aliphatic carbocycles. The highest BCUT2D eigenvalue weighted by molar-refractivity contribution is 7.44. The molecule has 0 unspecified atom stereocenters. The van der Waals surface area contributed by atoms with Crippen LogP contribution < -0.4 is 0 Å². The number of rotatable bonds is 0. The molecule has 0 aliphatic rings. The van der Waals surface area contributed by atoms with Crippen LogP contribution in [0, 0.1) is 10.8 Å². The van der Waals surface area contributed by atoms with Gasteiger partial charge in [0.1, 0.15) is 0 Å². The fourth-order valence-corrected chi connectivity index (χ4v) is 0. The normalized spacial score (nSPS) is 2.40. The Kier molecular flexibility index (Phi) is 216. The van der Waals surface area contributed by atoms with Crippen molar-refractivity contribution in [2.75, 3.05) is 0 Å². The largest absolute Gasteiger partial charge is 0.242 e. The van der Waals surface area contributed by atoms with Crippen LogP contribution in [0.4, 0.5) is 0 Å². The Morgan fingerprint density at radius 3 is 1.40 bits per heavy atom. The molecule has 0 atom stereocenters. The van der Waals surface area contributed by atoms with Crippen LogP contribution in [-0.2, 0) is 12.5 Å². The van der Waals surface area contributed by atoms with E-state index in [4.69, 9.17) is 15.0 Å². The van der Waals surface area contributed by atoms with Gasteiger partial charge in [-0.25, -0.2) is 10.8 Å². The minimum absolute atomic E-state index is 1.25. The van der Waals surface area contributed by atoms with Crippen molar-refractivity contribution >= 4 is 18.5 Å². The maximum Gasteiger partial charge on any atom is 0.197 e. The molecular weight excluding hydrogens is 88.1 g/mol. The van der Waals surface area contributed by atoms with Crippen LogP contribution in [-0.4, -0.2) is 10.2 Å². The van der Waals surface area contributed by atoms with Crippen LogP contribution in [0.2, 0.25) is 0 Å². The van der Waals surface area contributed by atoms with E-state index in [1.54, 1.807) is 0 Å². The second kappa shape index (κ2) is 122. The minimum atomic E-state index is 1.25. The van der Waals surface area contributed by atoms with Crippen LogP contribution in [0.5, 0.6) is 0 Å². The average Bonchev–Trinajstić information content (AvgIpc) is 1.46. The predicted octanol–water partition coefficient (Wildman–Crippen LogP) is -0.0185. The third kappa shape index (κ3) is 18.5. The lowest BCUT2D eigenvalue weighted by atomic mass is 11.6. The summed E-state index contributed by atoms with van der Waals surface area (Å²) in [5.41, 5.74) is 0. The summed E-state index contributed by atoms with van der Waals surface area (Å²) in [6.45, 7) is 0. The summed E-state index contributed by atoms with van der Waals surface area (Å²) >= 11 is 2.83. The third-order valence-corrected chi connectivity index (χ3v) is 0. The van der Waals surface area contributed by atoms with Crippen molar-refractivity contribution in [1.29, 1.82) is 10.8 Å². The second-order valence-electron chi connectivity index (χ2n) is 0.125. The van der Waals surface area contributed by atoms with Gasteiger partial charge in [0, 0.05) is 0 Å². The average molecular weight is 90.1 g/mol. The molecule has 0 aliphatic heterocycles. The van der Waals surface area contributed by atoms with Crippen LogP contribution in [0.25, 0.3) is 0 Å². The maximum atomic E-state index is 7.83. The number of nitrogens with one attached hydrogen (secondary N) is 2. The van der Waals surface area contributed by atoms with Gasteiger partial charge in [-0.15, -0.1) is 0 Å². The van der Waals surface area contributed by atoms with Crippen molar-refractivity contribution in [3.63, 3.8) is 0 Å². The van der Waals surface area contributed by atoms with Gasteiger partial charge in [0.25, 0.3) is 0 Å². The summed E-state index contributed by atoms with van der Waals surface area (Å²) in [5, 5.41) is 11.2. The molecule has 0 bridgehead atoms. The highest BCUT2D eigenvalue weighted by Gasteiger charge is 0.934. The van der Waals surface area contributed by atoms with Crippen molar-refractivity contribution in [1.82, 2.24) is 0 Å². The van der Waals surface area contributed by atoms with E-state index in [-0.39, 0.29) is 0 Å². The van der Waals surface area contributed by atoms with Crippen molar-refractivity contribution in [3.8, 4) is 0 Å². The zero-order valence-electron chi connectivity index (χ0n) is 2.32. The topological polar surface area (TPSA) is 64.8 Å². The van der Waals surface area contributed by atoms with E-state index < -0.39 is 0 Å². The van der Waals surface area contributed by atoms with Crippen LogP contribution >= 0.6 is 0 Å². The molecule has 0 amide bonds. The zero-order chi connectivity index (χ0) is 4.71. The fraction of sp³-hybridized carbons (Fsp3) is 0. The molecule has 0 aromatic carbocycles. The second-order valence-corrected chi connectivity index (χ2v) is 0.125. The monoisotopic (exact) mass is 90.0 g/mol. The van der Waals surface area contributed by atoms with E-state index in [0.717, 1.165) is 0 Å². The van der Waals surface area contributed by atoms with Crippen molar-refractivity contribution in [2.24, 2.45) is 0 Å². The first-order valence-electron chi connectivity index (χ1n) is 0.667. The molecule has 4 heteroatoms. The first-order valence-corrected chi connectivity index (χ1v) is 1.00. The quantitative estimate of drug-likeness (QED) is 0.410. The van der Waals surface area contributed by atoms with Crippen molar-refractivity contribution < 1.29 is 4.21 Å². The Morgan fingerprint density at radius 1 is 1.40 bits per heavy atom. The predicted molar refractivity (Wildman–Crippen MR) is 18.6 cm³/mol. The maximum absolute atomic E-state index is 7.83. The Balaban J connectivity index is 0. The van der Waals surface area contributed by atoms with Gasteiger partial charge in [-0.1, -0.05) is 0 Å². The van der Waals surface area contributed by atoms with Gasteiger partial charge in [0.2, 0.25) is 0 Å². The molecule has 2 N–H and O–H groups in total. The molecule has 0 spiro atoms. The van der Waals surface area contributed by atoms with Gasteiger partial charge < -0.3 is 0 Å². The number of hydrogen-bond donors (Lipinski definition) is 2. The molecule has 0 aromatic rings. The van der Waals surface area contributed by atoms with Gasteiger partial charge >= 0.3 is 0 Å². The molecule has 0 fully saturated rings. The Labute approximate surface area is 34.6 Å². The van der Waals surface area contributed by atoms with Gasteiger partial charge in [-0.2, -0.15) is 4.21 Å². The molecule has 0 heterocycles. The first-order chi connectivity index (χ1) is 2.41. The van der Waals surface area contributed by atoms with E-state index in [9.17, 15) is 0 Å². The Bertz CT molecular complexity index is 38.9.